The molecule has 0 aliphatic rings. The van der Waals surface area contributed by atoms with Crippen LogP contribution in [0.5, 0.6) is 0 Å². The van der Waals surface area contributed by atoms with Gasteiger partial charge < -0.3 is 0 Å². The second-order valence-corrected chi connectivity index (χ2v) is 5.59. The lowest BCUT2D eigenvalue weighted by Gasteiger charge is -2.09. The third-order valence-electron chi connectivity index (χ3n) is 3.77. The van der Waals surface area contributed by atoms with Gasteiger partial charge in [-0.2, -0.15) is 9.78 Å². The van der Waals surface area contributed by atoms with Gasteiger partial charge in [0.15, 0.2) is 5.78 Å². The number of rotatable bonds is 4. The Labute approximate surface area is 142 Å². The van der Waals surface area contributed by atoms with E-state index < -0.39 is 17.4 Å². The summed E-state index contributed by atoms with van der Waals surface area (Å²) in [5.74, 6) is -2.21. The maximum Gasteiger partial charge on any atom is 0.271 e. The first-order valence-corrected chi connectivity index (χ1v) is 7.59. The van der Waals surface area contributed by atoms with Crippen molar-refractivity contribution in [2.24, 2.45) is 0 Å². The van der Waals surface area contributed by atoms with E-state index in [0.29, 0.717) is 17.4 Å². The van der Waals surface area contributed by atoms with Gasteiger partial charge in [-0.05, 0) is 36.8 Å². The van der Waals surface area contributed by atoms with Crippen molar-refractivity contribution in [3.8, 4) is 5.69 Å². The monoisotopic (exact) mass is 340 g/mol. The van der Waals surface area contributed by atoms with Gasteiger partial charge in [0.05, 0.1) is 23.4 Å². The van der Waals surface area contributed by atoms with Crippen molar-refractivity contribution in [2.45, 2.75) is 13.3 Å². The molecule has 0 aliphatic carbocycles. The van der Waals surface area contributed by atoms with Crippen molar-refractivity contribution >= 4 is 5.78 Å². The number of aromatic nitrogens is 2. The standard InChI is InChI=1S/C19H14F2N2O2/c1-12-4-2-3-5-17(12)23-19(25)9-7-14(22-23)11-18(24)15-8-6-13(20)10-16(15)21/h2-10H,11H2,1H3. The lowest BCUT2D eigenvalue weighted by Crippen LogP contribution is -2.23. The van der Waals surface area contributed by atoms with Crippen LogP contribution in [0.15, 0.2) is 59.4 Å². The molecule has 0 saturated carbocycles. The minimum absolute atomic E-state index is 0.200. The molecule has 0 amide bonds. The molecule has 0 spiro atoms. The number of hydrogen-bond donors (Lipinski definition) is 0. The summed E-state index contributed by atoms with van der Waals surface area (Å²) in [5.41, 5.74) is 1.23. The van der Waals surface area contributed by atoms with Gasteiger partial charge in [-0.1, -0.05) is 18.2 Å². The fraction of sp³-hybridized carbons (Fsp3) is 0.105. The highest BCUT2D eigenvalue weighted by Gasteiger charge is 2.15. The number of Topliss-reactive ketones (excluding diaryl/α,β-unsaturated/α-hetero) is 1. The van der Waals surface area contributed by atoms with Gasteiger partial charge in [-0.25, -0.2) is 8.78 Å². The van der Waals surface area contributed by atoms with Crippen LogP contribution in [0.1, 0.15) is 21.6 Å². The molecule has 0 unspecified atom stereocenters. The van der Waals surface area contributed by atoms with E-state index in [-0.39, 0.29) is 17.5 Å². The molecule has 3 aromatic rings. The first-order chi connectivity index (χ1) is 12.0. The molecule has 1 heterocycles. The summed E-state index contributed by atoms with van der Waals surface area (Å²) in [4.78, 5) is 24.3. The summed E-state index contributed by atoms with van der Waals surface area (Å²) in [6.07, 6.45) is -0.200. The minimum Gasteiger partial charge on any atom is -0.294 e. The number of benzene rings is 2. The van der Waals surface area contributed by atoms with Crippen molar-refractivity contribution in [1.29, 1.82) is 0 Å². The van der Waals surface area contributed by atoms with Crippen LogP contribution in [0.4, 0.5) is 8.78 Å². The Morgan fingerprint density at radius 2 is 1.84 bits per heavy atom. The third-order valence-corrected chi connectivity index (χ3v) is 3.77. The van der Waals surface area contributed by atoms with Crippen molar-refractivity contribution in [3.63, 3.8) is 0 Å². The normalized spacial score (nSPS) is 10.7. The van der Waals surface area contributed by atoms with E-state index in [1.165, 1.54) is 16.8 Å². The SMILES string of the molecule is Cc1ccccc1-n1nc(CC(=O)c2ccc(F)cc2F)ccc1=O. The van der Waals surface area contributed by atoms with Crippen LogP contribution in [0.25, 0.3) is 5.69 Å². The zero-order valence-corrected chi connectivity index (χ0v) is 13.4. The molecular weight excluding hydrogens is 326 g/mol. The van der Waals surface area contributed by atoms with Crippen LogP contribution >= 0.6 is 0 Å². The molecular formula is C19H14F2N2O2. The van der Waals surface area contributed by atoms with E-state index in [0.717, 1.165) is 17.7 Å². The van der Waals surface area contributed by atoms with E-state index in [2.05, 4.69) is 5.10 Å². The molecule has 2 aromatic carbocycles. The van der Waals surface area contributed by atoms with Crippen LogP contribution in [0.2, 0.25) is 0 Å². The van der Waals surface area contributed by atoms with Gasteiger partial charge in [0.25, 0.3) is 5.56 Å². The topological polar surface area (TPSA) is 52.0 Å². The van der Waals surface area contributed by atoms with Gasteiger partial charge in [0.2, 0.25) is 0 Å². The molecule has 0 bridgehead atoms. The molecule has 0 N–H and O–H groups in total. The minimum atomic E-state index is -0.919. The maximum absolute atomic E-state index is 13.7. The smallest absolute Gasteiger partial charge is 0.271 e. The first-order valence-electron chi connectivity index (χ1n) is 7.59. The number of nitrogens with zero attached hydrogens (tertiary/aromatic N) is 2. The van der Waals surface area contributed by atoms with E-state index in [1.54, 1.807) is 12.1 Å². The van der Waals surface area contributed by atoms with Gasteiger partial charge in [-0.3, -0.25) is 9.59 Å². The number of ketones is 1. The van der Waals surface area contributed by atoms with Crippen LogP contribution in [0.3, 0.4) is 0 Å². The summed E-state index contributed by atoms with van der Waals surface area (Å²) in [6, 6.07) is 12.7. The van der Waals surface area contributed by atoms with Crippen LogP contribution in [-0.4, -0.2) is 15.6 Å². The molecule has 25 heavy (non-hydrogen) atoms. The molecule has 6 heteroatoms. The Bertz CT molecular complexity index is 1010. The Hall–Kier alpha value is -3.15. The largest absolute Gasteiger partial charge is 0.294 e. The van der Waals surface area contributed by atoms with Gasteiger partial charge >= 0.3 is 0 Å². The third kappa shape index (κ3) is 3.52. The maximum atomic E-state index is 13.7. The molecule has 3 rings (SSSR count). The number of carbonyl (C=O) groups is 1. The van der Waals surface area contributed by atoms with E-state index in [1.807, 2.05) is 19.1 Å². The number of aryl methyl sites for hydroxylation is 1. The predicted octanol–water partition coefficient (Wildman–Crippen LogP) is 3.24. The average Bonchev–Trinajstić information content (AvgIpc) is 2.57. The summed E-state index contributed by atoms with van der Waals surface area (Å²) < 4.78 is 27.9. The molecule has 1 aromatic heterocycles. The Balaban J connectivity index is 1.94. The van der Waals surface area contributed by atoms with Crippen molar-refractivity contribution < 1.29 is 13.6 Å². The highest BCUT2D eigenvalue weighted by molar-refractivity contribution is 5.97. The average molecular weight is 340 g/mol. The fourth-order valence-electron chi connectivity index (χ4n) is 2.49. The highest BCUT2D eigenvalue weighted by Crippen LogP contribution is 2.13. The van der Waals surface area contributed by atoms with Crippen LogP contribution < -0.4 is 5.56 Å². The molecule has 0 fully saturated rings. The first kappa shape index (κ1) is 16.7. The zero-order chi connectivity index (χ0) is 18.0. The summed E-state index contributed by atoms with van der Waals surface area (Å²) in [7, 11) is 0. The van der Waals surface area contributed by atoms with Crippen molar-refractivity contribution in [2.75, 3.05) is 0 Å². The zero-order valence-electron chi connectivity index (χ0n) is 13.4. The Kier molecular flexibility index (Phi) is 4.52. The van der Waals surface area contributed by atoms with Crippen molar-refractivity contribution in [3.05, 3.63) is 93.4 Å². The molecule has 0 radical (unpaired) electrons. The molecule has 0 saturated heterocycles. The van der Waals surface area contributed by atoms with Crippen LogP contribution in [-0.2, 0) is 6.42 Å². The lowest BCUT2D eigenvalue weighted by molar-refractivity contribution is 0.0987. The number of hydrogen-bond acceptors (Lipinski definition) is 3. The fourth-order valence-corrected chi connectivity index (χ4v) is 2.49. The second kappa shape index (κ2) is 6.76. The second-order valence-electron chi connectivity index (χ2n) is 5.59. The van der Waals surface area contributed by atoms with E-state index in [4.69, 9.17) is 0 Å². The van der Waals surface area contributed by atoms with Gasteiger partial charge in [0, 0.05) is 12.1 Å². The number of carbonyl (C=O) groups excluding carboxylic acids is 1. The molecule has 126 valence electrons. The van der Waals surface area contributed by atoms with Gasteiger partial charge in [-0.15, -0.1) is 0 Å². The quantitative estimate of drug-likeness (QED) is 0.685. The molecule has 0 aliphatic heterocycles. The summed E-state index contributed by atoms with van der Waals surface area (Å²) in [5, 5.41) is 4.20. The molecule has 0 atom stereocenters. The van der Waals surface area contributed by atoms with E-state index in [9.17, 15) is 18.4 Å². The Morgan fingerprint density at radius 3 is 2.56 bits per heavy atom. The summed E-state index contributed by atoms with van der Waals surface area (Å²) >= 11 is 0. The number of para-hydroxylation sites is 1. The highest BCUT2D eigenvalue weighted by atomic mass is 19.1. The molecule has 4 nitrogen and oxygen atoms in total. The predicted molar refractivity (Wildman–Crippen MR) is 89.0 cm³/mol. The number of halogens is 2. The lowest BCUT2D eigenvalue weighted by atomic mass is 10.1. The Morgan fingerprint density at radius 1 is 1.08 bits per heavy atom. The van der Waals surface area contributed by atoms with Crippen molar-refractivity contribution in [1.82, 2.24) is 9.78 Å². The van der Waals surface area contributed by atoms with E-state index >= 15 is 0 Å². The van der Waals surface area contributed by atoms with Gasteiger partial charge in [0.1, 0.15) is 11.6 Å². The van der Waals surface area contributed by atoms with Crippen LogP contribution in [0, 0.1) is 18.6 Å². The summed E-state index contributed by atoms with van der Waals surface area (Å²) in [6.45, 7) is 1.84.